The molecule has 9 heteroatoms. The van der Waals surface area contributed by atoms with Gasteiger partial charge in [-0.05, 0) is 12.1 Å². The number of primary sulfonamides is 1. The molecule has 0 aromatic heterocycles. The van der Waals surface area contributed by atoms with Gasteiger partial charge in [0.25, 0.3) is 0 Å². The van der Waals surface area contributed by atoms with E-state index in [1.807, 2.05) is 0 Å². The Labute approximate surface area is 93.2 Å². The van der Waals surface area contributed by atoms with Crippen molar-refractivity contribution in [2.45, 2.75) is 4.90 Å². The molecule has 0 fully saturated rings. The molecule has 0 bridgehead atoms. The van der Waals surface area contributed by atoms with Crippen LogP contribution in [0, 0.1) is 0 Å². The zero-order valence-electron chi connectivity index (χ0n) is 8.24. The first-order valence-corrected chi connectivity index (χ1v) is 7.28. The summed E-state index contributed by atoms with van der Waals surface area (Å²) in [6.07, 6.45) is 0.816. The van der Waals surface area contributed by atoms with Crippen LogP contribution in [0.3, 0.4) is 0 Å². The van der Waals surface area contributed by atoms with Gasteiger partial charge in [0.05, 0.1) is 16.8 Å². The number of benzene rings is 1. The van der Waals surface area contributed by atoms with Crippen LogP contribution < -0.4 is 15.1 Å². The summed E-state index contributed by atoms with van der Waals surface area (Å²) in [4.78, 5) is -0.277. The Balaban J connectivity index is 3.31. The predicted octanol–water partition coefficient (Wildman–Crippen LogP) is -0.745. The van der Waals surface area contributed by atoms with Gasteiger partial charge in [-0.1, -0.05) is 0 Å². The Morgan fingerprint density at radius 3 is 2.19 bits per heavy atom. The lowest BCUT2D eigenvalue weighted by molar-refractivity contribution is 0.493. The summed E-state index contributed by atoms with van der Waals surface area (Å²) < 4.78 is 48.2. The highest BCUT2D eigenvalue weighted by Gasteiger charge is 2.14. The quantitative estimate of drug-likeness (QED) is 0.547. The lowest BCUT2D eigenvalue weighted by Crippen LogP contribution is -2.13. The Hall–Kier alpha value is -1.32. The van der Waals surface area contributed by atoms with E-state index in [0.29, 0.717) is 0 Å². The molecule has 90 valence electrons. The Bertz CT molecular complexity index is 606. The molecule has 4 N–H and O–H groups in total. The van der Waals surface area contributed by atoms with Crippen molar-refractivity contribution in [2.24, 2.45) is 5.14 Å². The summed E-state index contributed by atoms with van der Waals surface area (Å²) >= 11 is 0. The predicted molar refractivity (Wildman–Crippen MR) is 57.7 cm³/mol. The lowest BCUT2D eigenvalue weighted by atomic mass is 10.3. The van der Waals surface area contributed by atoms with E-state index < -0.39 is 20.1 Å². The van der Waals surface area contributed by atoms with Crippen molar-refractivity contribution in [3.8, 4) is 5.75 Å². The van der Waals surface area contributed by atoms with E-state index >= 15 is 0 Å². The molecule has 0 atom stereocenters. The van der Waals surface area contributed by atoms with E-state index in [1.54, 1.807) is 0 Å². The Morgan fingerprint density at radius 2 is 1.75 bits per heavy atom. The first-order valence-electron chi connectivity index (χ1n) is 3.91. The number of hydrogen-bond donors (Lipinski definition) is 2. The minimum atomic E-state index is -3.93. The van der Waals surface area contributed by atoms with Crippen LogP contribution in [0.1, 0.15) is 0 Å². The average Bonchev–Trinajstić information content (AvgIpc) is 2.04. The number of sulfonamides is 1. The molecule has 0 saturated heterocycles. The molecule has 1 aromatic carbocycles. The van der Waals surface area contributed by atoms with Gasteiger partial charge in [0.2, 0.25) is 10.0 Å². The monoisotopic (exact) mass is 266 g/mol. The maximum atomic E-state index is 11.0. The summed E-state index contributed by atoms with van der Waals surface area (Å²) in [5.41, 5.74) is 5.41. The van der Waals surface area contributed by atoms with E-state index in [1.165, 1.54) is 6.07 Å². The van der Waals surface area contributed by atoms with E-state index in [2.05, 4.69) is 4.18 Å². The molecule has 0 heterocycles. The van der Waals surface area contributed by atoms with Gasteiger partial charge in [-0.15, -0.1) is 0 Å². The van der Waals surface area contributed by atoms with Gasteiger partial charge in [0, 0.05) is 6.07 Å². The van der Waals surface area contributed by atoms with Gasteiger partial charge in [-0.2, -0.15) is 8.42 Å². The fourth-order valence-electron chi connectivity index (χ4n) is 0.927. The summed E-state index contributed by atoms with van der Waals surface area (Å²) in [6, 6.07) is 3.30. The van der Waals surface area contributed by atoms with Crippen molar-refractivity contribution >= 4 is 25.8 Å². The third-order valence-corrected chi connectivity index (χ3v) is 2.95. The number of rotatable bonds is 3. The molecule has 0 unspecified atom stereocenters. The van der Waals surface area contributed by atoms with Crippen LogP contribution in [0.2, 0.25) is 0 Å². The third kappa shape index (κ3) is 3.36. The maximum absolute atomic E-state index is 11.0. The van der Waals surface area contributed by atoms with E-state index in [4.69, 9.17) is 10.9 Å². The minimum Gasteiger partial charge on any atom is -0.396 e. The minimum absolute atomic E-state index is 0.00201. The van der Waals surface area contributed by atoms with Crippen molar-refractivity contribution in [2.75, 3.05) is 12.0 Å². The molecule has 0 aliphatic rings. The smallest absolute Gasteiger partial charge is 0.306 e. The largest absolute Gasteiger partial charge is 0.396 e. The van der Waals surface area contributed by atoms with Crippen molar-refractivity contribution in [3.05, 3.63) is 18.2 Å². The van der Waals surface area contributed by atoms with Gasteiger partial charge < -0.3 is 9.92 Å². The van der Waals surface area contributed by atoms with Crippen molar-refractivity contribution in [1.82, 2.24) is 0 Å². The summed E-state index contributed by atoms with van der Waals surface area (Å²) in [6.45, 7) is 0. The highest BCUT2D eigenvalue weighted by atomic mass is 32.2. The Morgan fingerprint density at radius 1 is 1.19 bits per heavy atom. The molecule has 7 nitrogen and oxygen atoms in total. The topological polar surface area (TPSA) is 130 Å². The van der Waals surface area contributed by atoms with Crippen LogP contribution in [0.4, 0.5) is 5.69 Å². The van der Waals surface area contributed by atoms with Gasteiger partial charge in [-0.3, -0.25) is 0 Å². The highest BCUT2D eigenvalue weighted by Crippen LogP contribution is 2.25. The molecule has 0 saturated carbocycles. The summed E-state index contributed by atoms with van der Waals surface area (Å²) in [5, 5.41) is 4.87. The van der Waals surface area contributed by atoms with Crippen LogP contribution in [0.15, 0.2) is 23.1 Å². The normalized spacial score (nSPS) is 12.4. The number of hydrogen-bond acceptors (Lipinski definition) is 6. The standard InChI is InChI=1S/C7H10N2O5S2/c1-15(10,11)14-7-4-5(16(9,12)13)2-3-6(7)8/h2-4H,8H2,1H3,(H2,9,12,13). The molecule has 0 radical (unpaired) electrons. The van der Waals surface area contributed by atoms with Gasteiger partial charge >= 0.3 is 10.1 Å². The first kappa shape index (κ1) is 12.7. The molecular weight excluding hydrogens is 256 g/mol. The molecule has 1 aromatic rings. The lowest BCUT2D eigenvalue weighted by Gasteiger charge is -2.07. The van der Waals surface area contributed by atoms with Gasteiger partial charge in [-0.25, -0.2) is 13.6 Å². The van der Waals surface area contributed by atoms with Crippen LogP contribution >= 0.6 is 0 Å². The van der Waals surface area contributed by atoms with Crippen molar-refractivity contribution < 1.29 is 21.0 Å². The fraction of sp³-hybridized carbons (Fsp3) is 0.143. The number of nitrogen functional groups attached to an aromatic ring is 1. The molecule has 0 aliphatic carbocycles. The zero-order valence-corrected chi connectivity index (χ0v) is 9.88. The SMILES string of the molecule is CS(=O)(=O)Oc1cc(S(N)(=O)=O)ccc1N. The summed E-state index contributed by atoms with van der Waals surface area (Å²) in [7, 11) is -7.71. The second-order valence-corrected chi connectivity index (χ2v) is 6.17. The molecule has 0 amide bonds. The van der Waals surface area contributed by atoms with E-state index in [9.17, 15) is 16.8 Å². The van der Waals surface area contributed by atoms with Crippen molar-refractivity contribution in [1.29, 1.82) is 0 Å². The first-order chi connectivity index (χ1) is 7.09. The zero-order chi connectivity index (χ0) is 12.6. The van der Waals surface area contributed by atoms with E-state index in [0.717, 1.165) is 18.4 Å². The van der Waals surface area contributed by atoms with Crippen LogP contribution in [-0.4, -0.2) is 23.1 Å². The van der Waals surface area contributed by atoms with Crippen LogP contribution in [0.25, 0.3) is 0 Å². The Kier molecular flexibility index (Phi) is 3.13. The highest BCUT2D eigenvalue weighted by molar-refractivity contribution is 7.89. The molecule has 1 rings (SSSR count). The summed E-state index contributed by atoms with van der Waals surface area (Å²) in [5.74, 6) is -0.269. The number of nitrogens with two attached hydrogens (primary N) is 2. The molecular formula is C7H10N2O5S2. The van der Waals surface area contributed by atoms with Crippen LogP contribution in [-0.2, 0) is 20.1 Å². The third-order valence-electron chi connectivity index (χ3n) is 1.55. The van der Waals surface area contributed by atoms with Crippen LogP contribution in [0.5, 0.6) is 5.75 Å². The van der Waals surface area contributed by atoms with E-state index in [-0.39, 0.29) is 16.3 Å². The second-order valence-electron chi connectivity index (χ2n) is 3.03. The molecule has 0 spiro atoms. The molecule has 0 aliphatic heterocycles. The second kappa shape index (κ2) is 3.92. The van der Waals surface area contributed by atoms with Crippen molar-refractivity contribution in [3.63, 3.8) is 0 Å². The number of anilines is 1. The maximum Gasteiger partial charge on any atom is 0.306 e. The van der Waals surface area contributed by atoms with Gasteiger partial charge in [0.1, 0.15) is 0 Å². The van der Waals surface area contributed by atoms with Gasteiger partial charge in [0.15, 0.2) is 5.75 Å². The fourth-order valence-corrected chi connectivity index (χ4v) is 1.93. The molecule has 16 heavy (non-hydrogen) atoms. The average molecular weight is 266 g/mol.